The van der Waals surface area contributed by atoms with Gasteiger partial charge in [0.1, 0.15) is 5.15 Å². The lowest BCUT2D eigenvalue weighted by atomic mass is 10.2. The van der Waals surface area contributed by atoms with Gasteiger partial charge in [0.05, 0.1) is 5.69 Å². The molecule has 0 radical (unpaired) electrons. The van der Waals surface area contributed by atoms with E-state index >= 15 is 0 Å². The van der Waals surface area contributed by atoms with Crippen LogP contribution in [0.5, 0.6) is 0 Å². The molecule has 22 heavy (non-hydrogen) atoms. The molecular formula is C15H15ClN4O2. The number of anilines is 1. The van der Waals surface area contributed by atoms with Crippen LogP contribution in [0.2, 0.25) is 5.15 Å². The van der Waals surface area contributed by atoms with Crippen molar-refractivity contribution in [2.75, 3.05) is 5.32 Å². The van der Waals surface area contributed by atoms with Crippen molar-refractivity contribution in [2.24, 2.45) is 12.8 Å². The molecule has 1 heterocycles. The van der Waals surface area contributed by atoms with Gasteiger partial charge < -0.3 is 11.1 Å². The van der Waals surface area contributed by atoms with Gasteiger partial charge in [0.15, 0.2) is 0 Å². The number of halogens is 1. The van der Waals surface area contributed by atoms with Crippen LogP contribution in [0, 0.1) is 6.92 Å². The smallest absolute Gasteiger partial charge is 0.248 e. The van der Waals surface area contributed by atoms with Crippen molar-refractivity contribution in [3.05, 3.63) is 52.3 Å². The number of nitrogens with zero attached hydrogens (tertiary/aromatic N) is 2. The monoisotopic (exact) mass is 318 g/mol. The van der Waals surface area contributed by atoms with E-state index in [1.807, 2.05) is 6.92 Å². The molecule has 0 aliphatic heterocycles. The maximum absolute atomic E-state index is 11.9. The Bertz CT molecular complexity index is 748. The first-order valence-electron chi connectivity index (χ1n) is 6.46. The first kappa shape index (κ1) is 15.8. The molecule has 0 saturated carbocycles. The largest absolute Gasteiger partial charge is 0.366 e. The van der Waals surface area contributed by atoms with Crippen molar-refractivity contribution in [2.45, 2.75) is 6.92 Å². The average Bonchev–Trinajstić information content (AvgIpc) is 2.70. The fourth-order valence-electron chi connectivity index (χ4n) is 1.90. The molecule has 2 aromatic rings. The third kappa shape index (κ3) is 3.53. The Balaban J connectivity index is 2.06. The van der Waals surface area contributed by atoms with Gasteiger partial charge in [-0.3, -0.25) is 14.3 Å². The van der Waals surface area contributed by atoms with Crippen molar-refractivity contribution < 1.29 is 9.59 Å². The zero-order chi connectivity index (χ0) is 16.3. The van der Waals surface area contributed by atoms with Gasteiger partial charge in [-0.1, -0.05) is 11.6 Å². The third-order valence-electron chi connectivity index (χ3n) is 3.03. The van der Waals surface area contributed by atoms with Crippen LogP contribution in [0.25, 0.3) is 6.08 Å². The van der Waals surface area contributed by atoms with Crippen molar-refractivity contribution in [1.29, 1.82) is 0 Å². The molecule has 0 bridgehead atoms. The van der Waals surface area contributed by atoms with Gasteiger partial charge in [0.2, 0.25) is 11.8 Å². The molecule has 1 aromatic carbocycles. The van der Waals surface area contributed by atoms with Crippen LogP contribution >= 0.6 is 11.6 Å². The highest BCUT2D eigenvalue weighted by atomic mass is 35.5. The zero-order valence-corrected chi connectivity index (χ0v) is 12.9. The molecule has 7 heteroatoms. The van der Waals surface area contributed by atoms with Gasteiger partial charge in [0, 0.05) is 29.9 Å². The SMILES string of the molecule is Cc1nn(C)c(Cl)c1/C=C/C(=O)Nc1ccc(C(N)=O)cc1. The van der Waals surface area contributed by atoms with E-state index < -0.39 is 5.91 Å². The maximum atomic E-state index is 11.9. The molecule has 0 aliphatic carbocycles. The molecule has 0 atom stereocenters. The van der Waals surface area contributed by atoms with Crippen LogP contribution in [-0.4, -0.2) is 21.6 Å². The molecule has 0 saturated heterocycles. The Labute approximate surface area is 132 Å². The van der Waals surface area contributed by atoms with Crippen LogP contribution in [-0.2, 0) is 11.8 Å². The number of carbonyl (C=O) groups excluding carboxylic acids is 2. The van der Waals surface area contributed by atoms with Gasteiger partial charge in [-0.25, -0.2) is 0 Å². The molecule has 0 fully saturated rings. The van der Waals surface area contributed by atoms with Crippen molar-refractivity contribution in [1.82, 2.24) is 9.78 Å². The van der Waals surface area contributed by atoms with Crippen LogP contribution in [0.4, 0.5) is 5.69 Å². The summed E-state index contributed by atoms with van der Waals surface area (Å²) < 4.78 is 1.54. The topological polar surface area (TPSA) is 90.0 Å². The minimum absolute atomic E-state index is 0.314. The standard InChI is InChI=1S/C15H15ClN4O2/c1-9-12(14(16)20(2)19-9)7-8-13(21)18-11-5-3-10(4-6-11)15(17)22/h3-8H,1-2H3,(H2,17,22)(H,18,21)/b8-7+. The third-order valence-corrected chi connectivity index (χ3v) is 3.48. The van der Waals surface area contributed by atoms with E-state index in [1.165, 1.54) is 10.8 Å². The fraction of sp³-hybridized carbons (Fsp3) is 0.133. The lowest BCUT2D eigenvalue weighted by molar-refractivity contribution is -0.111. The average molecular weight is 319 g/mol. The number of aromatic nitrogens is 2. The number of carbonyl (C=O) groups is 2. The number of hydrogen-bond donors (Lipinski definition) is 2. The van der Waals surface area contributed by atoms with Crippen LogP contribution in [0.3, 0.4) is 0 Å². The molecule has 2 rings (SSSR count). The predicted octanol–water partition coefficient (Wildman–Crippen LogP) is 2.13. The molecule has 1 aromatic heterocycles. The summed E-state index contributed by atoms with van der Waals surface area (Å²) in [7, 11) is 1.73. The molecule has 114 valence electrons. The molecular weight excluding hydrogens is 304 g/mol. The normalized spacial score (nSPS) is 10.9. The Morgan fingerprint density at radius 2 is 1.95 bits per heavy atom. The molecule has 0 unspecified atom stereocenters. The van der Waals surface area contributed by atoms with E-state index in [9.17, 15) is 9.59 Å². The van der Waals surface area contributed by atoms with Crippen LogP contribution in [0.1, 0.15) is 21.6 Å². The highest BCUT2D eigenvalue weighted by Crippen LogP contribution is 2.20. The fourth-order valence-corrected chi connectivity index (χ4v) is 2.13. The molecule has 0 aliphatic rings. The van der Waals surface area contributed by atoms with Gasteiger partial charge in [0.25, 0.3) is 0 Å². The van der Waals surface area contributed by atoms with Crippen molar-refractivity contribution in [3.63, 3.8) is 0 Å². The molecule has 6 nitrogen and oxygen atoms in total. The van der Waals surface area contributed by atoms with Gasteiger partial charge in [-0.2, -0.15) is 5.10 Å². The van der Waals surface area contributed by atoms with Crippen LogP contribution in [0.15, 0.2) is 30.3 Å². The summed E-state index contributed by atoms with van der Waals surface area (Å²) in [6, 6.07) is 6.30. The quantitative estimate of drug-likeness (QED) is 0.846. The molecule has 3 N–H and O–H groups in total. The number of nitrogens with one attached hydrogen (secondary N) is 1. The number of benzene rings is 1. The molecule has 0 spiro atoms. The number of primary amides is 1. The van der Waals surface area contributed by atoms with E-state index in [4.69, 9.17) is 17.3 Å². The summed E-state index contributed by atoms with van der Waals surface area (Å²) in [6.45, 7) is 1.81. The minimum Gasteiger partial charge on any atom is -0.366 e. The van der Waals surface area contributed by atoms with E-state index in [-0.39, 0.29) is 5.91 Å². The van der Waals surface area contributed by atoms with Crippen molar-refractivity contribution in [3.8, 4) is 0 Å². The Hall–Kier alpha value is -2.60. The van der Waals surface area contributed by atoms with E-state index in [0.29, 0.717) is 22.0 Å². The van der Waals surface area contributed by atoms with Crippen LogP contribution < -0.4 is 11.1 Å². The second-order valence-electron chi connectivity index (χ2n) is 4.68. The summed E-state index contributed by atoms with van der Waals surface area (Å²) in [5.74, 6) is -0.828. The second kappa shape index (κ2) is 6.44. The summed E-state index contributed by atoms with van der Waals surface area (Å²) in [4.78, 5) is 22.8. The van der Waals surface area contributed by atoms with Gasteiger partial charge in [-0.15, -0.1) is 0 Å². The number of rotatable bonds is 4. The first-order chi connectivity index (χ1) is 10.4. The summed E-state index contributed by atoms with van der Waals surface area (Å²) >= 11 is 6.08. The molecule has 2 amide bonds. The van der Waals surface area contributed by atoms with Crippen molar-refractivity contribution >= 4 is 35.2 Å². The number of hydrogen-bond acceptors (Lipinski definition) is 3. The maximum Gasteiger partial charge on any atom is 0.248 e. The zero-order valence-electron chi connectivity index (χ0n) is 12.1. The van der Waals surface area contributed by atoms with E-state index in [0.717, 1.165) is 5.69 Å². The Morgan fingerprint density at radius 3 is 2.45 bits per heavy atom. The predicted molar refractivity (Wildman–Crippen MR) is 85.6 cm³/mol. The Morgan fingerprint density at radius 1 is 1.32 bits per heavy atom. The van der Waals surface area contributed by atoms with Gasteiger partial charge >= 0.3 is 0 Å². The van der Waals surface area contributed by atoms with Gasteiger partial charge in [-0.05, 0) is 37.3 Å². The number of aryl methyl sites for hydroxylation is 2. The Kier molecular flexibility index (Phi) is 4.62. The van der Waals surface area contributed by atoms with E-state index in [1.54, 1.807) is 37.4 Å². The van der Waals surface area contributed by atoms with E-state index in [2.05, 4.69) is 10.4 Å². The minimum atomic E-state index is -0.514. The number of nitrogens with two attached hydrogens (primary N) is 1. The highest BCUT2D eigenvalue weighted by Gasteiger charge is 2.08. The highest BCUT2D eigenvalue weighted by molar-refractivity contribution is 6.31. The first-order valence-corrected chi connectivity index (χ1v) is 6.84. The second-order valence-corrected chi connectivity index (χ2v) is 5.04. The number of amides is 2. The summed E-state index contributed by atoms with van der Waals surface area (Å²) in [6.07, 6.45) is 2.98. The summed E-state index contributed by atoms with van der Waals surface area (Å²) in [5, 5.41) is 7.30. The lowest BCUT2D eigenvalue weighted by Crippen LogP contribution is -2.11. The lowest BCUT2D eigenvalue weighted by Gasteiger charge is -2.02. The summed E-state index contributed by atoms with van der Waals surface area (Å²) in [5.41, 5.74) is 7.53.